The highest BCUT2D eigenvalue weighted by atomic mass is 35.5. The summed E-state index contributed by atoms with van der Waals surface area (Å²) in [6.45, 7) is 8.78. The minimum Gasteiger partial charge on any atom is -0.473 e. The molecule has 0 bridgehead atoms. The Hall–Kier alpha value is -4.03. The monoisotopic (exact) mass is 526 g/mol. The highest BCUT2D eigenvalue weighted by Crippen LogP contribution is 2.36. The van der Waals surface area contributed by atoms with Gasteiger partial charge in [-0.25, -0.2) is 19.9 Å². The van der Waals surface area contributed by atoms with Gasteiger partial charge in [0.05, 0.1) is 28.7 Å². The summed E-state index contributed by atoms with van der Waals surface area (Å²) in [4.78, 5) is 37.8. The maximum absolute atomic E-state index is 12.2. The molecule has 0 aromatic carbocycles. The number of hydrogen-bond donors (Lipinski definition) is 3. The topological polar surface area (TPSA) is 147 Å². The third kappa shape index (κ3) is 7.48. The van der Waals surface area contributed by atoms with E-state index in [1.807, 2.05) is 39.9 Å². The molecule has 37 heavy (non-hydrogen) atoms. The van der Waals surface area contributed by atoms with Gasteiger partial charge in [-0.2, -0.15) is 4.98 Å². The maximum Gasteiger partial charge on any atom is 0.247 e. The molecule has 12 nitrogen and oxygen atoms in total. The lowest BCUT2D eigenvalue weighted by Gasteiger charge is -2.25. The first kappa shape index (κ1) is 27.6. The molecule has 196 valence electrons. The molecular formula is C24H31ClN10O2. The molecule has 13 heteroatoms. The molecule has 1 amide bonds. The van der Waals surface area contributed by atoms with Gasteiger partial charge in [-0.05, 0) is 40.1 Å². The van der Waals surface area contributed by atoms with Gasteiger partial charge in [0, 0.05) is 38.1 Å². The molecule has 3 heterocycles. The van der Waals surface area contributed by atoms with E-state index in [1.165, 1.54) is 24.7 Å². The van der Waals surface area contributed by atoms with Gasteiger partial charge in [0.15, 0.2) is 5.82 Å². The van der Waals surface area contributed by atoms with E-state index < -0.39 is 0 Å². The molecule has 0 aliphatic heterocycles. The number of nitrogens with two attached hydrogens (primary N) is 1. The minimum atomic E-state index is -0.374. The van der Waals surface area contributed by atoms with Crippen LogP contribution in [-0.4, -0.2) is 76.1 Å². The Morgan fingerprint density at radius 1 is 1.14 bits per heavy atom. The number of nitrogens with zero attached hydrogens (tertiary/aromatic N) is 7. The molecule has 3 aromatic heterocycles. The first-order valence-corrected chi connectivity index (χ1v) is 11.8. The molecule has 0 spiro atoms. The van der Waals surface area contributed by atoms with Crippen molar-refractivity contribution < 1.29 is 9.53 Å². The van der Waals surface area contributed by atoms with Crippen molar-refractivity contribution in [2.75, 3.05) is 55.5 Å². The number of carbonyl (C=O) groups excluding carboxylic acids is 1. The quantitative estimate of drug-likeness (QED) is 0.316. The fraction of sp³-hybridized carbons (Fsp3) is 0.333. The lowest BCUT2D eigenvalue weighted by Crippen LogP contribution is -2.30. The van der Waals surface area contributed by atoms with Gasteiger partial charge in [-0.3, -0.25) is 4.79 Å². The van der Waals surface area contributed by atoms with Gasteiger partial charge in [-0.1, -0.05) is 18.2 Å². The van der Waals surface area contributed by atoms with Crippen LogP contribution < -0.4 is 26.0 Å². The van der Waals surface area contributed by atoms with Crippen molar-refractivity contribution in [3.63, 3.8) is 0 Å². The van der Waals surface area contributed by atoms with Crippen LogP contribution in [0.5, 0.6) is 5.88 Å². The molecule has 0 aliphatic rings. The number of nitrogens with one attached hydrogen (secondary N) is 2. The smallest absolute Gasteiger partial charge is 0.247 e. The molecule has 0 unspecified atom stereocenters. The second kappa shape index (κ2) is 12.3. The lowest BCUT2D eigenvalue weighted by atomic mass is 10.2. The zero-order valence-corrected chi connectivity index (χ0v) is 22.2. The van der Waals surface area contributed by atoms with Crippen LogP contribution in [0.2, 0.25) is 5.02 Å². The molecule has 3 aromatic rings. The van der Waals surface area contributed by atoms with E-state index in [4.69, 9.17) is 27.1 Å². The van der Waals surface area contributed by atoms with Crippen molar-refractivity contribution in [1.29, 1.82) is 0 Å². The molecule has 0 saturated heterocycles. The standard InChI is InChI=1S/C24H31ClN10O2/c1-7-19(36)30-17-10-18(22(37-14(2)3)33-21(17)35(6)9-8-34(4)5)31-24-29-13-16(25)20(32-24)15-11-27-23(26)28-12-15/h7,10-14H,1,8-9H2,2-6H3,(H,30,36)(H2,26,27,28)(H,29,31,32). The van der Waals surface area contributed by atoms with Crippen molar-refractivity contribution in [3.05, 3.63) is 42.3 Å². The number of rotatable bonds is 11. The number of halogens is 1. The van der Waals surface area contributed by atoms with Gasteiger partial charge >= 0.3 is 0 Å². The van der Waals surface area contributed by atoms with Crippen molar-refractivity contribution in [3.8, 4) is 17.1 Å². The Kier molecular flexibility index (Phi) is 9.15. The zero-order chi connectivity index (χ0) is 27.1. The predicted molar refractivity (Wildman–Crippen MR) is 146 cm³/mol. The number of anilines is 5. The summed E-state index contributed by atoms with van der Waals surface area (Å²) in [7, 11) is 5.86. The molecule has 4 N–H and O–H groups in total. The second-order valence-corrected chi connectivity index (χ2v) is 9.05. The van der Waals surface area contributed by atoms with E-state index in [0.29, 0.717) is 45.9 Å². The SMILES string of the molecule is C=CC(=O)Nc1cc(Nc2ncc(Cl)c(-c3cnc(N)nc3)n2)c(OC(C)C)nc1N(C)CCN(C)C. The Morgan fingerprint density at radius 3 is 2.46 bits per heavy atom. The lowest BCUT2D eigenvalue weighted by molar-refractivity contribution is -0.111. The molecule has 0 aliphatic carbocycles. The highest BCUT2D eigenvalue weighted by Gasteiger charge is 2.20. The molecule has 3 rings (SSSR count). The van der Waals surface area contributed by atoms with E-state index in [0.717, 1.165) is 6.54 Å². The van der Waals surface area contributed by atoms with Crippen LogP contribution >= 0.6 is 11.6 Å². The summed E-state index contributed by atoms with van der Waals surface area (Å²) in [6, 6.07) is 1.72. The molecule has 0 saturated carbocycles. The van der Waals surface area contributed by atoms with Crippen LogP contribution in [-0.2, 0) is 4.79 Å². The van der Waals surface area contributed by atoms with Crippen LogP contribution in [0, 0.1) is 0 Å². The number of amides is 1. The van der Waals surface area contributed by atoms with Crippen LogP contribution in [0.1, 0.15) is 13.8 Å². The number of aromatic nitrogens is 5. The van der Waals surface area contributed by atoms with Crippen LogP contribution in [0.25, 0.3) is 11.3 Å². The van der Waals surface area contributed by atoms with E-state index >= 15 is 0 Å². The summed E-state index contributed by atoms with van der Waals surface area (Å²) >= 11 is 6.34. The van der Waals surface area contributed by atoms with E-state index in [9.17, 15) is 4.79 Å². The first-order valence-electron chi connectivity index (χ1n) is 11.5. The number of carbonyl (C=O) groups is 1. The molecular weight excluding hydrogens is 496 g/mol. The first-order chi connectivity index (χ1) is 17.6. The largest absolute Gasteiger partial charge is 0.473 e. The number of ether oxygens (including phenoxy) is 1. The van der Waals surface area contributed by atoms with Gasteiger partial charge in [0.25, 0.3) is 0 Å². The van der Waals surface area contributed by atoms with Gasteiger partial charge in [-0.15, -0.1) is 0 Å². The normalized spacial score (nSPS) is 10.9. The van der Waals surface area contributed by atoms with Crippen molar-refractivity contribution in [2.45, 2.75) is 20.0 Å². The van der Waals surface area contributed by atoms with Gasteiger partial charge in [0.2, 0.25) is 23.7 Å². The Labute approximate surface area is 221 Å². The zero-order valence-electron chi connectivity index (χ0n) is 21.5. The summed E-state index contributed by atoms with van der Waals surface area (Å²) in [5.41, 5.74) is 7.48. The van der Waals surface area contributed by atoms with Gasteiger partial charge in [0.1, 0.15) is 5.69 Å². The Balaban J connectivity index is 2.06. The number of likely N-dealkylation sites (N-methyl/N-ethyl adjacent to an activating group) is 2. The average Bonchev–Trinajstić information content (AvgIpc) is 2.85. The van der Waals surface area contributed by atoms with Crippen LogP contribution in [0.4, 0.5) is 29.1 Å². The maximum atomic E-state index is 12.2. The second-order valence-electron chi connectivity index (χ2n) is 8.64. The Bertz CT molecular complexity index is 1250. The van der Waals surface area contributed by atoms with Crippen molar-refractivity contribution in [2.24, 2.45) is 0 Å². The van der Waals surface area contributed by atoms with Crippen LogP contribution in [0.3, 0.4) is 0 Å². The van der Waals surface area contributed by atoms with E-state index in [1.54, 1.807) is 6.07 Å². The summed E-state index contributed by atoms with van der Waals surface area (Å²) in [5.74, 6) is 0.838. The average molecular weight is 527 g/mol. The molecule has 0 radical (unpaired) electrons. The summed E-state index contributed by atoms with van der Waals surface area (Å²) in [6.07, 6.45) is 5.53. The van der Waals surface area contributed by atoms with Crippen molar-refractivity contribution in [1.82, 2.24) is 29.8 Å². The third-order valence-corrected chi connectivity index (χ3v) is 5.21. The van der Waals surface area contributed by atoms with Gasteiger partial charge < -0.3 is 30.9 Å². The minimum absolute atomic E-state index is 0.138. The number of hydrogen-bond acceptors (Lipinski definition) is 11. The predicted octanol–water partition coefficient (Wildman–Crippen LogP) is 3.22. The number of pyridine rings is 1. The van der Waals surface area contributed by atoms with Crippen LogP contribution in [0.15, 0.2) is 37.3 Å². The Morgan fingerprint density at radius 2 is 1.84 bits per heavy atom. The molecule has 0 atom stereocenters. The summed E-state index contributed by atoms with van der Waals surface area (Å²) < 4.78 is 6.01. The fourth-order valence-corrected chi connectivity index (χ4v) is 3.32. The highest BCUT2D eigenvalue weighted by molar-refractivity contribution is 6.32. The number of nitrogen functional groups attached to an aromatic ring is 1. The van der Waals surface area contributed by atoms with E-state index in [2.05, 4.69) is 42.0 Å². The summed E-state index contributed by atoms with van der Waals surface area (Å²) in [5, 5.41) is 6.28. The van der Waals surface area contributed by atoms with Crippen molar-refractivity contribution >= 4 is 46.6 Å². The third-order valence-electron chi connectivity index (χ3n) is 4.94. The molecule has 0 fully saturated rings. The van der Waals surface area contributed by atoms with E-state index in [-0.39, 0.29) is 23.9 Å². The fourth-order valence-electron chi connectivity index (χ4n) is 3.12.